The average Bonchev–Trinajstić information content (AvgIpc) is 2.64. The number of rotatable bonds is 8. The number of carbonyl (C=O) groups excluding carboxylic acids is 1. The highest BCUT2D eigenvalue weighted by Gasteiger charge is 2.89. The van der Waals surface area contributed by atoms with Crippen molar-refractivity contribution in [3.63, 3.8) is 0 Å². The molecule has 0 aliphatic rings. The van der Waals surface area contributed by atoms with E-state index >= 15 is 0 Å². The number of hydrogen-bond donors (Lipinski definition) is 0. The second kappa shape index (κ2) is 7.79. The average molecular weight is 475 g/mol. The predicted molar refractivity (Wildman–Crippen MR) is 76.8 cm³/mol. The largest absolute Gasteiger partial charge is 0.455 e. The summed E-state index contributed by atoms with van der Waals surface area (Å²) < 4.78 is 163. The Morgan fingerprint density at radius 3 is 1.61 bits per heavy atom. The lowest BCUT2D eigenvalue weighted by atomic mass is 9.92. The monoisotopic (exact) mass is 475 g/mol. The van der Waals surface area contributed by atoms with Crippen LogP contribution in [0.3, 0.4) is 0 Å². The van der Waals surface area contributed by atoms with E-state index in [1.165, 1.54) is 0 Å². The van der Waals surface area contributed by atoms with E-state index in [-0.39, 0.29) is 5.56 Å². The summed E-state index contributed by atoms with van der Waals surface area (Å²) in [6.07, 6.45) is 0. The van der Waals surface area contributed by atoms with Crippen LogP contribution in [-0.2, 0) is 4.74 Å². The highest BCUT2D eigenvalue weighted by atomic mass is 19.4. The minimum Gasteiger partial charge on any atom is -0.455 e. The van der Waals surface area contributed by atoms with Crippen molar-refractivity contribution < 1.29 is 62.2 Å². The summed E-state index contributed by atoms with van der Waals surface area (Å²) in [5.74, 6) is -44.2. The van der Waals surface area contributed by atoms with E-state index < -0.39 is 60.6 Å². The molecule has 0 spiro atoms. The summed E-state index contributed by atoms with van der Waals surface area (Å²) in [7, 11) is 0. The summed E-state index contributed by atoms with van der Waals surface area (Å²) in [6, 6.07) is 4.99. The molecule has 174 valence electrons. The van der Waals surface area contributed by atoms with Crippen molar-refractivity contribution in [1.82, 2.24) is 0 Å². The quantitative estimate of drug-likeness (QED) is 0.366. The second-order valence-corrected chi connectivity index (χ2v) is 6.16. The van der Waals surface area contributed by atoms with Crippen molar-refractivity contribution >= 4 is 5.97 Å². The molecule has 1 rings (SSSR count). The van der Waals surface area contributed by atoms with Crippen LogP contribution in [0.5, 0.6) is 0 Å². The predicted octanol–water partition coefficient (Wildman–Crippen LogP) is 5.55. The zero-order valence-corrected chi connectivity index (χ0v) is 14.8. The molecule has 0 fully saturated rings. The minimum absolute atomic E-state index is 0.0519. The van der Waals surface area contributed by atoms with Gasteiger partial charge in [-0.1, -0.05) is 0 Å². The van der Waals surface area contributed by atoms with Crippen molar-refractivity contribution in [1.29, 1.82) is 5.26 Å². The maximum absolute atomic E-state index is 13.6. The zero-order chi connectivity index (χ0) is 24.7. The van der Waals surface area contributed by atoms with Crippen LogP contribution >= 0.6 is 0 Å². The lowest BCUT2D eigenvalue weighted by Crippen LogP contribution is -2.70. The smallest absolute Gasteiger partial charge is 0.384 e. The van der Waals surface area contributed by atoms with E-state index in [1.807, 2.05) is 0 Å². The highest BCUT2D eigenvalue weighted by molar-refractivity contribution is 5.89. The van der Waals surface area contributed by atoms with Gasteiger partial charge >= 0.3 is 41.5 Å². The van der Waals surface area contributed by atoms with Gasteiger partial charge in [-0.15, -0.1) is 0 Å². The molecule has 31 heavy (non-hydrogen) atoms. The minimum atomic E-state index is -7.71. The van der Waals surface area contributed by atoms with E-state index in [2.05, 4.69) is 4.74 Å². The maximum Gasteiger partial charge on any atom is 0.384 e. The molecule has 0 saturated heterocycles. The second-order valence-electron chi connectivity index (χ2n) is 6.16. The van der Waals surface area contributed by atoms with E-state index in [0.717, 1.165) is 24.3 Å². The Labute approximate surface area is 165 Å². The van der Waals surface area contributed by atoms with E-state index in [9.17, 15) is 57.5 Å². The molecule has 0 unspecified atom stereocenters. The van der Waals surface area contributed by atoms with Crippen molar-refractivity contribution in [2.24, 2.45) is 0 Å². The number of nitrogens with zero attached hydrogens (tertiary/aromatic N) is 1. The Balaban J connectivity index is 3.18. The fourth-order valence-corrected chi connectivity index (χ4v) is 1.91. The number of nitriles is 1. The maximum atomic E-state index is 13.6. The van der Waals surface area contributed by atoms with Gasteiger partial charge < -0.3 is 4.74 Å². The number of carbonyl (C=O) groups is 1. The molecule has 1 aromatic carbocycles. The topological polar surface area (TPSA) is 50.1 Å². The molecular formula is C16H9F12NO2. The Morgan fingerprint density at radius 2 is 1.23 bits per heavy atom. The van der Waals surface area contributed by atoms with E-state index in [0.29, 0.717) is 0 Å². The normalized spacial score (nSPS) is 14.2. The summed E-state index contributed by atoms with van der Waals surface area (Å²) in [5, 5.41) is 8.53. The van der Waals surface area contributed by atoms with Gasteiger partial charge in [0, 0.05) is 6.92 Å². The fourth-order valence-electron chi connectivity index (χ4n) is 1.91. The van der Waals surface area contributed by atoms with Gasteiger partial charge in [0.1, 0.15) is 0 Å². The molecule has 3 nitrogen and oxygen atoms in total. The van der Waals surface area contributed by atoms with Gasteiger partial charge in [0.15, 0.2) is 6.61 Å². The van der Waals surface area contributed by atoms with Gasteiger partial charge in [-0.05, 0) is 24.3 Å². The molecule has 0 aliphatic heterocycles. The Morgan fingerprint density at radius 1 is 0.806 bits per heavy atom. The first-order valence-electron chi connectivity index (χ1n) is 7.61. The molecular weight excluding hydrogens is 466 g/mol. The molecule has 0 aromatic heterocycles. The molecule has 0 amide bonds. The third-order valence-corrected chi connectivity index (χ3v) is 3.83. The van der Waals surface area contributed by atoms with Crippen LogP contribution < -0.4 is 0 Å². The van der Waals surface area contributed by atoms with Crippen LogP contribution in [0, 0.1) is 11.3 Å². The van der Waals surface area contributed by atoms with Crippen LogP contribution in [0.25, 0.3) is 0 Å². The molecule has 0 aliphatic carbocycles. The van der Waals surface area contributed by atoms with Crippen molar-refractivity contribution in [3.05, 3.63) is 35.4 Å². The van der Waals surface area contributed by atoms with Crippen molar-refractivity contribution in [2.75, 3.05) is 6.61 Å². The molecule has 0 N–H and O–H groups in total. The van der Waals surface area contributed by atoms with Gasteiger partial charge in [-0.25, -0.2) is 4.79 Å². The van der Waals surface area contributed by atoms with Gasteiger partial charge in [0.05, 0.1) is 17.2 Å². The molecule has 1 aromatic rings. The standard InChI is InChI=1S/C16H9F12NO2/c1-11(17,18)13(21,22)15(25,26)16(27,28)14(23,24)12(19,20)7-31-10(30)9-4-2-8(6-29)3-5-9/h2-5H,7H2,1H3. The van der Waals surface area contributed by atoms with Gasteiger partial charge in [0.25, 0.3) is 0 Å². The molecule has 15 heteroatoms. The Bertz CT molecular complexity index is 853. The van der Waals surface area contributed by atoms with Crippen molar-refractivity contribution in [3.8, 4) is 6.07 Å². The Kier molecular flexibility index (Phi) is 6.63. The van der Waals surface area contributed by atoms with Crippen molar-refractivity contribution in [2.45, 2.75) is 42.5 Å². The lowest BCUT2D eigenvalue weighted by molar-refractivity contribution is -0.424. The zero-order valence-electron chi connectivity index (χ0n) is 14.8. The first kappa shape index (κ1) is 26.4. The molecule has 0 saturated carbocycles. The number of alkyl halides is 12. The van der Waals surface area contributed by atoms with Crippen LogP contribution in [0.15, 0.2) is 24.3 Å². The number of esters is 1. The number of hydrogen-bond acceptors (Lipinski definition) is 3. The van der Waals surface area contributed by atoms with Gasteiger partial charge in [-0.3, -0.25) is 0 Å². The Hall–Kier alpha value is -2.66. The molecule has 0 bridgehead atoms. The van der Waals surface area contributed by atoms with Crippen LogP contribution in [0.2, 0.25) is 0 Å². The summed E-state index contributed by atoms with van der Waals surface area (Å²) in [4.78, 5) is 11.5. The number of benzene rings is 1. The first-order valence-corrected chi connectivity index (χ1v) is 7.61. The third-order valence-electron chi connectivity index (χ3n) is 3.83. The van der Waals surface area contributed by atoms with Gasteiger partial charge in [-0.2, -0.15) is 57.9 Å². The number of ether oxygens (including phenoxy) is 1. The summed E-state index contributed by atoms with van der Waals surface area (Å²) in [6.45, 7) is -4.01. The summed E-state index contributed by atoms with van der Waals surface area (Å²) >= 11 is 0. The summed E-state index contributed by atoms with van der Waals surface area (Å²) in [5.41, 5.74) is -0.712. The fraction of sp³-hybridized carbons (Fsp3) is 0.500. The molecule has 0 atom stereocenters. The molecule has 0 heterocycles. The van der Waals surface area contributed by atoms with Crippen LogP contribution in [-0.4, -0.2) is 48.1 Å². The first-order chi connectivity index (χ1) is 13.7. The van der Waals surface area contributed by atoms with Crippen LogP contribution in [0.1, 0.15) is 22.8 Å². The SMILES string of the molecule is CC(F)(F)C(F)(F)C(F)(F)C(F)(F)C(F)(F)C(F)(F)COC(=O)c1ccc(C#N)cc1. The van der Waals surface area contributed by atoms with E-state index in [4.69, 9.17) is 5.26 Å². The van der Waals surface area contributed by atoms with E-state index in [1.54, 1.807) is 6.07 Å². The van der Waals surface area contributed by atoms with Gasteiger partial charge in [0.2, 0.25) is 0 Å². The number of halogens is 12. The lowest BCUT2D eigenvalue weighted by Gasteiger charge is -2.40. The molecule has 0 radical (unpaired) electrons. The third kappa shape index (κ3) is 4.24. The highest BCUT2D eigenvalue weighted by Crippen LogP contribution is 2.59. The van der Waals surface area contributed by atoms with Crippen LogP contribution in [0.4, 0.5) is 52.7 Å².